The van der Waals surface area contributed by atoms with Gasteiger partial charge in [0.15, 0.2) is 0 Å². The average Bonchev–Trinajstić information content (AvgIpc) is 2.44. The lowest BCUT2D eigenvalue weighted by molar-refractivity contribution is -0.119. The Kier molecular flexibility index (Phi) is 7.19. The number of carbonyl (C=O) groups is 3. The fourth-order valence-corrected chi connectivity index (χ4v) is 1.67. The van der Waals surface area contributed by atoms with Crippen LogP contribution in [0.25, 0.3) is 0 Å². The van der Waals surface area contributed by atoms with Gasteiger partial charge in [-0.2, -0.15) is 0 Å². The van der Waals surface area contributed by atoms with Gasteiger partial charge in [-0.3, -0.25) is 9.59 Å². The van der Waals surface area contributed by atoms with E-state index in [0.29, 0.717) is 11.4 Å². The van der Waals surface area contributed by atoms with Gasteiger partial charge in [0.05, 0.1) is 0 Å². The first-order chi connectivity index (χ1) is 11.2. The Morgan fingerprint density at radius 3 is 2.17 bits per heavy atom. The smallest absolute Gasteiger partial charge is 0.408 e. The molecule has 0 fully saturated rings. The van der Waals surface area contributed by atoms with Crippen molar-refractivity contribution in [3.63, 3.8) is 0 Å². The number of nitrogens with one attached hydrogen (secondary N) is 3. The number of alkyl carbamates (subject to hydrolysis) is 1. The van der Waals surface area contributed by atoms with Gasteiger partial charge in [0.2, 0.25) is 11.8 Å². The fraction of sp³-hybridized carbons (Fsp3) is 0.438. The molecule has 24 heavy (non-hydrogen) atoms. The predicted molar refractivity (Wildman–Crippen MR) is 89.8 cm³/mol. The largest absolute Gasteiger partial charge is 0.444 e. The number of methoxy groups -OCH3 is 1. The molecule has 132 valence electrons. The lowest BCUT2D eigenvalue weighted by atomic mass is 10.2. The van der Waals surface area contributed by atoms with Crippen LogP contribution in [-0.4, -0.2) is 43.8 Å². The number of amides is 3. The van der Waals surface area contributed by atoms with Crippen LogP contribution in [0.5, 0.6) is 0 Å². The van der Waals surface area contributed by atoms with Crippen LogP contribution in [0.15, 0.2) is 24.3 Å². The highest BCUT2D eigenvalue weighted by Crippen LogP contribution is 2.15. The number of rotatable bonds is 6. The second-order valence-electron chi connectivity index (χ2n) is 5.97. The molecule has 0 atom stereocenters. The Labute approximate surface area is 140 Å². The highest BCUT2D eigenvalue weighted by atomic mass is 16.6. The third kappa shape index (κ3) is 8.14. The average molecular weight is 337 g/mol. The van der Waals surface area contributed by atoms with Crippen molar-refractivity contribution in [2.24, 2.45) is 0 Å². The molecule has 0 unspecified atom stereocenters. The van der Waals surface area contributed by atoms with E-state index < -0.39 is 17.6 Å². The summed E-state index contributed by atoms with van der Waals surface area (Å²) in [5, 5.41) is 7.60. The summed E-state index contributed by atoms with van der Waals surface area (Å²) in [4.78, 5) is 34.8. The number of anilines is 2. The van der Waals surface area contributed by atoms with E-state index in [1.54, 1.807) is 45.0 Å². The number of hydrogen-bond acceptors (Lipinski definition) is 5. The van der Waals surface area contributed by atoms with Crippen molar-refractivity contribution >= 4 is 29.3 Å². The van der Waals surface area contributed by atoms with Gasteiger partial charge in [-0.05, 0) is 39.0 Å². The molecule has 0 saturated carbocycles. The van der Waals surface area contributed by atoms with E-state index in [2.05, 4.69) is 16.0 Å². The zero-order chi connectivity index (χ0) is 18.2. The Balaban J connectivity index is 2.49. The highest BCUT2D eigenvalue weighted by molar-refractivity contribution is 5.96. The van der Waals surface area contributed by atoms with Crippen molar-refractivity contribution in [1.82, 2.24) is 5.32 Å². The van der Waals surface area contributed by atoms with E-state index in [4.69, 9.17) is 9.47 Å². The van der Waals surface area contributed by atoms with Crippen LogP contribution in [-0.2, 0) is 19.1 Å². The molecule has 0 aromatic heterocycles. The van der Waals surface area contributed by atoms with Crippen LogP contribution in [0.3, 0.4) is 0 Å². The van der Waals surface area contributed by atoms with Crippen LogP contribution in [0.4, 0.5) is 16.2 Å². The predicted octanol–water partition coefficient (Wildman–Crippen LogP) is 1.73. The van der Waals surface area contributed by atoms with Crippen LogP contribution < -0.4 is 16.0 Å². The van der Waals surface area contributed by atoms with E-state index >= 15 is 0 Å². The second kappa shape index (κ2) is 8.88. The minimum absolute atomic E-state index is 0.0591. The monoisotopic (exact) mass is 337 g/mol. The summed E-state index contributed by atoms with van der Waals surface area (Å²) in [5.41, 5.74) is 0.381. The zero-order valence-corrected chi connectivity index (χ0v) is 14.3. The van der Waals surface area contributed by atoms with Crippen molar-refractivity contribution < 1.29 is 23.9 Å². The quantitative estimate of drug-likeness (QED) is 0.733. The minimum Gasteiger partial charge on any atom is -0.444 e. The maximum absolute atomic E-state index is 11.8. The van der Waals surface area contributed by atoms with E-state index in [0.717, 1.165) is 0 Å². The first kappa shape index (κ1) is 19.4. The first-order valence-corrected chi connectivity index (χ1v) is 7.35. The van der Waals surface area contributed by atoms with E-state index in [-0.39, 0.29) is 19.1 Å². The van der Waals surface area contributed by atoms with Gasteiger partial charge in [-0.25, -0.2) is 4.79 Å². The molecule has 0 aliphatic rings. The topological polar surface area (TPSA) is 106 Å². The summed E-state index contributed by atoms with van der Waals surface area (Å²) < 4.78 is 9.76. The normalized spacial score (nSPS) is 10.7. The summed E-state index contributed by atoms with van der Waals surface area (Å²) in [6, 6.07) is 6.62. The molecule has 3 amide bonds. The van der Waals surface area contributed by atoms with Gasteiger partial charge >= 0.3 is 6.09 Å². The van der Waals surface area contributed by atoms with Crippen molar-refractivity contribution in [2.75, 3.05) is 30.9 Å². The molecule has 8 heteroatoms. The zero-order valence-electron chi connectivity index (χ0n) is 14.3. The Bertz CT molecular complexity index is 596. The summed E-state index contributed by atoms with van der Waals surface area (Å²) >= 11 is 0. The molecular formula is C16H23N3O5. The van der Waals surface area contributed by atoms with Crippen LogP contribution in [0.2, 0.25) is 0 Å². The molecule has 3 N–H and O–H groups in total. The van der Waals surface area contributed by atoms with Crippen molar-refractivity contribution in [1.29, 1.82) is 0 Å². The van der Waals surface area contributed by atoms with Crippen molar-refractivity contribution in [3.05, 3.63) is 24.3 Å². The summed E-state index contributed by atoms with van der Waals surface area (Å²) in [6.07, 6.45) is -0.668. The summed E-state index contributed by atoms with van der Waals surface area (Å²) in [7, 11) is 1.42. The van der Waals surface area contributed by atoms with Gasteiger partial charge in [-0.1, -0.05) is 6.07 Å². The number of benzene rings is 1. The summed E-state index contributed by atoms with van der Waals surface area (Å²) in [5.74, 6) is -0.714. The van der Waals surface area contributed by atoms with Gasteiger partial charge in [-0.15, -0.1) is 0 Å². The fourth-order valence-electron chi connectivity index (χ4n) is 1.67. The minimum atomic E-state index is -0.668. The van der Waals surface area contributed by atoms with Gasteiger partial charge in [0.1, 0.15) is 18.8 Å². The third-order valence-corrected chi connectivity index (χ3v) is 2.50. The first-order valence-electron chi connectivity index (χ1n) is 7.35. The standard InChI is InChI=1S/C16H23N3O5/c1-16(2,3)24-15(22)17-9-13(20)18-11-6-5-7-12(8-11)19-14(21)10-23-4/h5-8H,9-10H2,1-4H3,(H,17,22)(H,18,20)(H,19,21). The van der Waals surface area contributed by atoms with Crippen molar-refractivity contribution in [2.45, 2.75) is 26.4 Å². The molecule has 0 heterocycles. The number of hydrogen-bond donors (Lipinski definition) is 3. The highest BCUT2D eigenvalue weighted by Gasteiger charge is 2.16. The Hall–Kier alpha value is -2.61. The van der Waals surface area contributed by atoms with E-state index in [1.807, 2.05) is 0 Å². The molecule has 0 aliphatic heterocycles. The van der Waals surface area contributed by atoms with E-state index in [1.165, 1.54) is 7.11 Å². The molecule has 1 aromatic rings. The van der Waals surface area contributed by atoms with Crippen LogP contribution in [0.1, 0.15) is 20.8 Å². The van der Waals surface area contributed by atoms with E-state index in [9.17, 15) is 14.4 Å². The molecule has 0 radical (unpaired) electrons. The molecule has 1 aromatic carbocycles. The number of carbonyl (C=O) groups excluding carboxylic acids is 3. The maximum Gasteiger partial charge on any atom is 0.408 e. The molecule has 8 nitrogen and oxygen atoms in total. The van der Waals surface area contributed by atoms with Gasteiger partial charge < -0.3 is 25.4 Å². The van der Waals surface area contributed by atoms with Gasteiger partial charge in [0.25, 0.3) is 0 Å². The molecule has 0 saturated heterocycles. The molecule has 0 spiro atoms. The van der Waals surface area contributed by atoms with Gasteiger partial charge in [0, 0.05) is 18.5 Å². The Morgan fingerprint density at radius 1 is 1.04 bits per heavy atom. The lowest BCUT2D eigenvalue weighted by Crippen LogP contribution is -2.37. The number of ether oxygens (including phenoxy) is 2. The van der Waals surface area contributed by atoms with Crippen LogP contribution >= 0.6 is 0 Å². The second-order valence-corrected chi connectivity index (χ2v) is 5.97. The molecule has 0 bridgehead atoms. The SMILES string of the molecule is COCC(=O)Nc1cccc(NC(=O)CNC(=O)OC(C)(C)C)c1. The summed E-state index contributed by atoms with van der Waals surface area (Å²) in [6.45, 7) is 4.91. The lowest BCUT2D eigenvalue weighted by Gasteiger charge is -2.19. The Morgan fingerprint density at radius 2 is 1.62 bits per heavy atom. The molecular weight excluding hydrogens is 314 g/mol. The maximum atomic E-state index is 11.8. The van der Waals surface area contributed by atoms with Crippen LogP contribution in [0, 0.1) is 0 Å². The molecule has 0 aliphatic carbocycles. The molecule has 1 rings (SSSR count). The van der Waals surface area contributed by atoms with Crippen molar-refractivity contribution in [3.8, 4) is 0 Å². The third-order valence-electron chi connectivity index (χ3n) is 2.50.